The summed E-state index contributed by atoms with van der Waals surface area (Å²) in [6.45, 7) is 3.21. The van der Waals surface area contributed by atoms with Crippen LogP contribution in [0, 0.1) is 0 Å². The van der Waals surface area contributed by atoms with Gasteiger partial charge in [-0.15, -0.1) is 0 Å². The van der Waals surface area contributed by atoms with Gasteiger partial charge in [-0.2, -0.15) is 0 Å². The van der Waals surface area contributed by atoms with Crippen LogP contribution in [0.5, 0.6) is 0 Å². The zero-order valence-electron chi connectivity index (χ0n) is 18.5. The van der Waals surface area contributed by atoms with Crippen molar-refractivity contribution in [1.82, 2.24) is 19.5 Å². The molecule has 0 saturated carbocycles. The molecule has 0 radical (unpaired) electrons. The van der Waals surface area contributed by atoms with E-state index in [9.17, 15) is 43.5 Å². The van der Waals surface area contributed by atoms with Crippen molar-refractivity contribution in [3.63, 3.8) is 0 Å². The summed E-state index contributed by atoms with van der Waals surface area (Å²) in [5.41, 5.74) is 1.57. The molecule has 0 amide bonds. The van der Waals surface area contributed by atoms with Gasteiger partial charge in [0.15, 0.2) is 23.2 Å². The lowest BCUT2D eigenvalue weighted by atomic mass is 10.1. The second-order valence-electron chi connectivity index (χ2n) is 7.56. The van der Waals surface area contributed by atoms with Gasteiger partial charge in [0, 0.05) is 6.54 Å². The number of phosphoric acid groups is 3. The minimum absolute atomic E-state index is 0.199. The topological polar surface area (TPSA) is 276 Å². The number of imidazole rings is 1. The molecule has 0 spiro atoms. The zero-order valence-corrected chi connectivity index (χ0v) is 21.2. The molecule has 3 rings (SSSR count). The number of aromatic nitrogens is 4. The van der Waals surface area contributed by atoms with Crippen LogP contribution in [0.4, 0.5) is 5.82 Å². The van der Waals surface area contributed by atoms with Crippen LogP contribution < -0.4 is 24.9 Å². The van der Waals surface area contributed by atoms with Crippen molar-refractivity contribution in [3.8, 4) is 0 Å². The summed E-state index contributed by atoms with van der Waals surface area (Å²) in [5.74, 6) is 0.374. The van der Waals surface area contributed by atoms with E-state index >= 15 is 0 Å². The van der Waals surface area contributed by atoms with Gasteiger partial charge in [0.2, 0.25) is 0 Å². The average Bonchev–Trinajstić information content (AvgIpc) is 3.26. The number of nitrogens with zero attached hydrogens (tertiary/aromatic N) is 4. The van der Waals surface area contributed by atoms with E-state index in [4.69, 9.17) is 4.74 Å². The molecule has 2 aromatic heterocycles. The van der Waals surface area contributed by atoms with E-state index in [1.54, 1.807) is 0 Å². The summed E-state index contributed by atoms with van der Waals surface area (Å²) in [5, 5.41) is 23.8. The standard InChI is InChI=1S/C15H24N5O13P3/c1-8(2)3-4-16-13-10-14(18-6-17-13)20(7-19-10)15-12(22)11(21)9(31-15)5-30-35(26,27)33-36(28,29)32-34(23,24)25/h3,6-7,9,11-12,15,21-22H,4-5H2,1-2H3,(H,26,27)(H,28,29)(H,16,17,18)(H2,23,24,25)/p-4. The highest BCUT2D eigenvalue weighted by Crippen LogP contribution is 2.60. The van der Waals surface area contributed by atoms with Gasteiger partial charge in [-0.05, 0) is 13.8 Å². The lowest BCUT2D eigenvalue weighted by molar-refractivity contribution is -0.339. The van der Waals surface area contributed by atoms with Gasteiger partial charge in [0.25, 0.3) is 15.6 Å². The van der Waals surface area contributed by atoms with Crippen molar-refractivity contribution in [3.05, 3.63) is 24.3 Å². The molecule has 0 aromatic carbocycles. The molecule has 18 nitrogen and oxygen atoms in total. The Labute approximate surface area is 203 Å². The third kappa shape index (κ3) is 7.46. The van der Waals surface area contributed by atoms with Gasteiger partial charge < -0.3 is 48.9 Å². The first kappa shape index (κ1) is 28.9. The van der Waals surface area contributed by atoms with Crippen molar-refractivity contribution < 1.29 is 61.4 Å². The van der Waals surface area contributed by atoms with Gasteiger partial charge in [-0.25, -0.2) is 19.3 Å². The van der Waals surface area contributed by atoms with Crippen molar-refractivity contribution in [2.24, 2.45) is 0 Å². The van der Waals surface area contributed by atoms with Crippen molar-refractivity contribution in [2.45, 2.75) is 38.4 Å². The molecule has 1 aliphatic heterocycles. The molecule has 1 aliphatic rings. The highest BCUT2D eigenvalue weighted by molar-refractivity contribution is 7.64. The summed E-state index contributed by atoms with van der Waals surface area (Å²) in [6.07, 6.45) is -1.86. The summed E-state index contributed by atoms with van der Waals surface area (Å²) in [7, 11) is -18.1. The highest BCUT2D eigenvalue weighted by Gasteiger charge is 2.45. The number of phosphoric ester groups is 1. The molecule has 0 aliphatic carbocycles. The number of anilines is 1. The molecule has 0 bridgehead atoms. The third-order valence-corrected chi connectivity index (χ3v) is 8.21. The highest BCUT2D eigenvalue weighted by atomic mass is 31.3. The molecule has 2 aromatic rings. The summed E-state index contributed by atoms with van der Waals surface area (Å²) < 4.78 is 50.9. The largest absolute Gasteiger partial charge is 0.790 e. The Morgan fingerprint density at radius 2 is 1.81 bits per heavy atom. The first-order chi connectivity index (χ1) is 16.6. The van der Waals surface area contributed by atoms with Gasteiger partial charge in [0.05, 0.1) is 20.8 Å². The van der Waals surface area contributed by atoms with E-state index in [2.05, 4.69) is 33.4 Å². The first-order valence-corrected chi connectivity index (χ1v) is 14.2. The summed E-state index contributed by atoms with van der Waals surface area (Å²) in [6, 6.07) is 0. The third-order valence-electron chi connectivity index (χ3n) is 4.55. The van der Waals surface area contributed by atoms with Gasteiger partial charge in [-0.3, -0.25) is 18.0 Å². The second-order valence-corrected chi connectivity index (χ2v) is 11.8. The number of aliphatic hydroxyl groups is 2. The minimum Gasteiger partial charge on any atom is -0.790 e. The molecule has 3 heterocycles. The molecule has 21 heteroatoms. The number of fused-ring (bicyclic) bond motifs is 1. The maximum atomic E-state index is 11.7. The smallest absolute Gasteiger partial charge is 0.278 e. The van der Waals surface area contributed by atoms with Crippen LogP contribution in [0.25, 0.3) is 11.2 Å². The number of hydrogen-bond donors (Lipinski definition) is 3. The van der Waals surface area contributed by atoms with E-state index in [1.165, 1.54) is 17.2 Å². The van der Waals surface area contributed by atoms with E-state index in [0.717, 1.165) is 5.57 Å². The molecular weight excluding hydrogens is 551 g/mol. The fraction of sp³-hybridized carbons (Fsp3) is 0.533. The number of rotatable bonds is 11. The fourth-order valence-corrected chi connectivity index (χ4v) is 5.93. The quantitative estimate of drug-likeness (QED) is 0.188. The number of nitrogens with one attached hydrogen (secondary N) is 1. The van der Waals surface area contributed by atoms with Crippen LogP contribution in [0.2, 0.25) is 0 Å². The van der Waals surface area contributed by atoms with Crippen LogP contribution in [-0.2, 0) is 31.6 Å². The Bertz CT molecular complexity index is 1260. The second kappa shape index (κ2) is 11.0. The Morgan fingerprint density at radius 3 is 2.44 bits per heavy atom. The molecule has 6 unspecified atom stereocenters. The first-order valence-electron chi connectivity index (χ1n) is 9.86. The van der Waals surface area contributed by atoms with Crippen molar-refractivity contribution >= 4 is 40.4 Å². The summed E-state index contributed by atoms with van der Waals surface area (Å²) >= 11 is 0. The fourth-order valence-electron chi connectivity index (χ4n) is 3.06. The van der Waals surface area contributed by atoms with E-state index in [1.807, 2.05) is 19.9 Å². The Morgan fingerprint density at radius 1 is 1.11 bits per heavy atom. The van der Waals surface area contributed by atoms with E-state index < -0.39 is 54.6 Å². The van der Waals surface area contributed by atoms with Crippen LogP contribution in [0.3, 0.4) is 0 Å². The van der Waals surface area contributed by atoms with E-state index in [0.29, 0.717) is 17.9 Å². The molecule has 1 saturated heterocycles. The van der Waals surface area contributed by atoms with Crippen LogP contribution in [-0.4, -0.2) is 61.2 Å². The van der Waals surface area contributed by atoms with Crippen LogP contribution in [0.15, 0.2) is 24.3 Å². The molecular formula is C15H20N5O13P3-4. The van der Waals surface area contributed by atoms with Gasteiger partial charge >= 0.3 is 0 Å². The Kier molecular flexibility index (Phi) is 8.85. The summed E-state index contributed by atoms with van der Waals surface area (Å²) in [4.78, 5) is 56.1. The lowest BCUT2D eigenvalue weighted by Gasteiger charge is -2.37. The van der Waals surface area contributed by atoms with Crippen molar-refractivity contribution in [2.75, 3.05) is 18.5 Å². The number of ether oxygens (including phenoxy) is 1. The van der Waals surface area contributed by atoms with Gasteiger partial charge in [0.1, 0.15) is 24.6 Å². The van der Waals surface area contributed by atoms with Crippen LogP contribution in [0.1, 0.15) is 20.1 Å². The molecule has 202 valence electrons. The Hall–Kier alpha value is -1.62. The maximum absolute atomic E-state index is 11.7. The normalized spacial score (nSPS) is 25.9. The van der Waals surface area contributed by atoms with Crippen LogP contribution >= 0.6 is 23.5 Å². The number of hydrogen-bond acceptors (Lipinski definition) is 17. The predicted octanol–water partition coefficient (Wildman–Crippen LogP) is -2.36. The predicted molar refractivity (Wildman–Crippen MR) is 110 cm³/mol. The number of allylic oxidation sites excluding steroid dienone is 1. The van der Waals surface area contributed by atoms with Gasteiger partial charge in [-0.1, -0.05) is 11.6 Å². The lowest BCUT2D eigenvalue weighted by Crippen LogP contribution is -2.34. The maximum Gasteiger partial charge on any atom is 0.278 e. The Balaban J connectivity index is 1.71. The SMILES string of the molecule is CC(C)=CCNc1ncnc2c1ncn2C1OC(COP(=O)([O-])OP(=O)([O-])OP(=O)([O-])[O-])C(O)C1O. The monoisotopic (exact) mass is 571 g/mol. The molecule has 36 heavy (non-hydrogen) atoms. The molecule has 1 fully saturated rings. The number of aliphatic hydroxyl groups excluding tert-OH is 2. The zero-order chi connectivity index (χ0) is 26.9. The van der Waals surface area contributed by atoms with E-state index in [-0.39, 0.29) is 5.65 Å². The molecule has 3 N–H and O–H groups in total. The minimum atomic E-state index is -6.15. The average molecular weight is 571 g/mol. The van der Waals surface area contributed by atoms with Crippen molar-refractivity contribution in [1.29, 1.82) is 0 Å². The molecule has 6 atom stereocenters.